The first-order valence-electron chi connectivity index (χ1n) is 8.33. The summed E-state index contributed by atoms with van der Waals surface area (Å²) in [6.07, 6.45) is -0.660. The first-order valence-corrected chi connectivity index (χ1v) is 8.33. The molecule has 3 atom stereocenters. The zero-order chi connectivity index (χ0) is 21.3. The van der Waals surface area contributed by atoms with Crippen LogP contribution in [0.3, 0.4) is 0 Å². The van der Waals surface area contributed by atoms with Crippen LogP contribution in [-0.2, 0) is 25.6 Å². The Balaban J connectivity index is 2.78. The van der Waals surface area contributed by atoms with Crippen LogP contribution in [0, 0.1) is 0 Å². The molecule has 0 aliphatic heterocycles. The van der Waals surface area contributed by atoms with Gasteiger partial charge in [0.25, 0.3) is 0 Å². The molecule has 0 saturated carbocycles. The Morgan fingerprint density at radius 1 is 0.964 bits per heavy atom. The second-order valence-electron chi connectivity index (χ2n) is 6.05. The van der Waals surface area contributed by atoms with E-state index in [0.29, 0.717) is 5.56 Å². The number of nitrogens with one attached hydrogen (secondary N) is 2. The van der Waals surface area contributed by atoms with Crippen LogP contribution in [0.4, 0.5) is 0 Å². The summed E-state index contributed by atoms with van der Waals surface area (Å²) in [7, 11) is 0. The number of phenolic OH excluding ortho intramolecular Hbond substituents is 1. The van der Waals surface area contributed by atoms with Crippen molar-refractivity contribution < 1.29 is 39.6 Å². The van der Waals surface area contributed by atoms with Crippen LogP contribution < -0.4 is 16.4 Å². The number of carboxylic acid groups (broad SMARTS) is 2. The SMILES string of the molecule is N[C@@H](Cc1ccc(O)cc1)C(=O)N[C@@H](CCC(=O)O)C(=O)N[C@@H](CO)C(=O)O. The molecule has 0 spiro atoms. The summed E-state index contributed by atoms with van der Waals surface area (Å²) in [5.74, 6) is -4.34. The summed E-state index contributed by atoms with van der Waals surface area (Å²) in [6.45, 7) is -0.874. The number of amides is 2. The molecule has 154 valence electrons. The third kappa shape index (κ3) is 7.60. The molecule has 2 amide bonds. The lowest BCUT2D eigenvalue weighted by molar-refractivity contribution is -0.144. The van der Waals surface area contributed by atoms with E-state index in [1.54, 1.807) is 12.1 Å². The molecule has 8 N–H and O–H groups in total. The predicted molar refractivity (Wildman–Crippen MR) is 95.2 cm³/mol. The molecule has 0 heterocycles. The molecule has 0 saturated heterocycles. The molecule has 11 heteroatoms. The number of aromatic hydroxyl groups is 1. The van der Waals surface area contributed by atoms with Crippen molar-refractivity contribution >= 4 is 23.8 Å². The van der Waals surface area contributed by atoms with Gasteiger partial charge >= 0.3 is 11.9 Å². The van der Waals surface area contributed by atoms with Crippen molar-refractivity contribution in [3.63, 3.8) is 0 Å². The molecule has 28 heavy (non-hydrogen) atoms. The number of carbonyl (C=O) groups is 4. The maximum atomic E-state index is 12.3. The van der Waals surface area contributed by atoms with E-state index in [4.69, 9.17) is 21.1 Å². The smallest absolute Gasteiger partial charge is 0.328 e. The third-order valence-electron chi connectivity index (χ3n) is 3.81. The van der Waals surface area contributed by atoms with E-state index in [2.05, 4.69) is 5.32 Å². The van der Waals surface area contributed by atoms with Crippen molar-refractivity contribution in [2.45, 2.75) is 37.4 Å². The molecule has 0 fully saturated rings. The number of nitrogens with two attached hydrogens (primary N) is 1. The zero-order valence-corrected chi connectivity index (χ0v) is 14.9. The summed E-state index contributed by atoms with van der Waals surface area (Å²) in [6, 6.07) is 1.96. The van der Waals surface area contributed by atoms with E-state index in [-0.39, 0.29) is 18.6 Å². The van der Waals surface area contributed by atoms with Crippen molar-refractivity contribution in [2.24, 2.45) is 5.73 Å². The van der Waals surface area contributed by atoms with Crippen LogP contribution in [0.15, 0.2) is 24.3 Å². The predicted octanol–water partition coefficient (Wildman–Crippen LogP) is -1.83. The van der Waals surface area contributed by atoms with E-state index < -0.39 is 54.9 Å². The van der Waals surface area contributed by atoms with Crippen LogP contribution in [-0.4, -0.2) is 68.9 Å². The average Bonchev–Trinajstić information content (AvgIpc) is 2.63. The van der Waals surface area contributed by atoms with Crippen LogP contribution >= 0.6 is 0 Å². The van der Waals surface area contributed by atoms with Crippen molar-refractivity contribution in [2.75, 3.05) is 6.61 Å². The van der Waals surface area contributed by atoms with Crippen LogP contribution in [0.25, 0.3) is 0 Å². The first kappa shape index (κ1) is 22.9. The van der Waals surface area contributed by atoms with Gasteiger partial charge in [-0.25, -0.2) is 4.79 Å². The van der Waals surface area contributed by atoms with Gasteiger partial charge in [-0.3, -0.25) is 14.4 Å². The van der Waals surface area contributed by atoms with Gasteiger partial charge in [-0.05, 0) is 30.5 Å². The summed E-state index contributed by atoms with van der Waals surface area (Å²) >= 11 is 0. The van der Waals surface area contributed by atoms with Gasteiger partial charge in [0, 0.05) is 6.42 Å². The second kappa shape index (κ2) is 10.8. The summed E-state index contributed by atoms with van der Waals surface area (Å²) in [5, 5.41) is 40.3. The number of hydrogen-bond acceptors (Lipinski definition) is 7. The molecule has 0 aliphatic carbocycles. The van der Waals surface area contributed by atoms with E-state index >= 15 is 0 Å². The summed E-state index contributed by atoms with van der Waals surface area (Å²) in [5.41, 5.74) is 6.46. The van der Waals surface area contributed by atoms with Crippen LogP contribution in [0.1, 0.15) is 18.4 Å². The quantitative estimate of drug-likeness (QED) is 0.224. The Labute approximate surface area is 160 Å². The Morgan fingerprint density at radius 3 is 2.04 bits per heavy atom. The standard InChI is InChI=1S/C17H23N3O8/c18-11(7-9-1-3-10(22)4-2-9)15(25)19-12(5-6-14(23)24)16(26)20-13(8-21)17(27)28/h1-4,11-13,21-22H,5-8,18H2,(H,19,25)(H,20,26)(H,23,24)(H,27,28)/t11-,12-,13-/m0/s1. The normalized spacial score (nSPS) is 13.8. The lowest BCUT2D eigenvalue weighted by Crippen LogP contribution is -2.55. The van der Waals surface area contributed by atoms with Gasteiger partial charge in [0.15, 0.2) is 0 Å². The Bertz CT molecular complexity index is 707. The molecule has 1 aromatic rings. The number of aliphatic carboxylic acids is 2. The molecule has 0 aliphatic rings. The zero-order valence-electron chi connectivity index (χ0n) is 14.9. The molecular weight excluding hydrogens is 374 g/mol. The lowest BCUT2D eigenvalue weighted by Gasteiger charge is -2.22. The van der Waals surface area contributed by atoms with Gasteiger partial charge < -0.3 is 36.8 Å². The van der Waals surface area contributed by atoms with Gasteiger partial charge in [0.1, 0.15) is 17.8 Å². The highest BCUT2D eigenvalue weighted by Crippen LogP contribution is 2.11. The second-order valence-corrected chi connectivity index (χ2v) is 6.05. The largest absolute Gasteiger partial charge is 0.508 e. The van der Waals surface area contributed by atoms with Crippen LogP contribution in [0.5, 0.6) is 5.75 Å². The molecule has 0 bridgehead atoms. The fourth-order valence-corrected chi connectivity index (χ4v) is 2.25. The van der Waals surface area contributed by atoms with Crippen molar-refractivity contribution in [1.29, 1.82) is 0 Å². The summed E-state index contributed by atoms with van der Waals surface area (Å²) in [4.78, 5) is 46.2. The topological polar surface area (TPSA) is 199 Å². The Hall–Kier alpha value is -3.18. The molecule has 1 aromatic carbocycles. The third-order valence-corrected chi connectivity index (χ3v) is 3.81. The van der Waals surface area contributed by atoms with Gasteiger partial charge in [0.05, 0.1) is 12.6 Å². The van der Waals surface area contributed by atoms with E-state index in [1.807, 2.05) is 5.32 Å². The number of aliphatic hydroxyl groups is 1. The van der Waals surface area contributed by atoms with Gasteiger partial charge in [-0.2, -0.15) is 0 Å². The van der Waals surface area contributed by atoms with Crippen LogP contribution in [0.2, 0.25) is 0 Å². The molecule has 0 radical (unpaired) electrons. The highest BCUT2D eigenvalue weighted by Gasteiger charge is 2.28. The lowest BCUT2D eigenvalue weighted by atomic mass is 10.0. The molecule has 1 rings (SSSR count). The van der Waals surface area contributed by atoms with Gasteiger partial charge in [-0.1, -0.05) is 12.1 Å². The molecule has 0 unspecified atom stereocenters. The first-order chi connectivity index (χ1) is 13.1. The highest BCUT2D eigenvalue weighted by atomic mass is 16.4. The van der Waals surface area contributed by atoms with Crippen molar-refractivity contribution in [3.8, 4) is 5.75 Å². The number of carbonyl (C=O) groups excluding carboxylic acids is 2. The summed E-state index contributed by atoms with van der Waals surface area (Å²) < 4.78 is 0. The molecule has 0 aromatic heterocycles. The number of hydrogen-bond donors (Lipinski definition) is 7. The fraction of sp³-hybridized carbons (Fsp3) is 0.412. The average molecular weight is 397 g/mol. The molecular formula is C17H23N3O8. The number of benzene rings is 1. The van der Waals surface area contributed by atoms with Crippen molar-refractivity contribution in [1.82, 2.24) is 10.6 Å². The van der Waals surface area contributed by atoms with Gasteiger partial charge in [-0.15, -0.1) is 0 Å². The Morgan fingerprint density at radius 2 is 1.54 bits per heavy atom. The minimum absolute atomic E-state index is 0.0454. The minimum atomic E-state index is -1.60. The number of rotatable bonds is 11. The maximum Gasteiger partial charge on any atom is 0.328 e. The number of carboxylic acids is 2. The number of phenols is 1. The number of aliphatic hydroxyl groups excluding tert-OH is 1. The molecule has 11 nitrogen and oxygen atoms in total. The maximum absolute atomic E-state index is 12.3. The van der Waals surface area contributed by atoms with E-state index in [1.165, 1.54) is 12.1 Å². The monoisotopic (exact) mass is 397 g/mol. The van der Waals surface area contributed by atoms with Crippen molar-refractivity contribution in [3.05, 3.63) is 29.8 Å². The highest BCUT2D eigenvalue weighted by molar-refractivity contribution is 5.92. The fourth-order valence-electron chi connectivity index (χ4n) is 2.25. The van der Waals surface area contributed by atoms with E-state index in [9.17, 15) is 24.3 Å². The minimum Gasteiger partial charge on any atom is -0.508 e. The Kier molecular flexibility index (Phi) is 8.85. The van der Waals surface area contributed by atoms with Gasteiger partial charge in [0.2, 0.25) is 11.8 Å². The van der Waals surface area contributed by atoms with E-state index in [0.717, 1.165) is 0 Å².